The third kappa shape index (κ3) is 4.41. The Morgan fingerprint density at radius 2 is 1.95 bits per heavy atom. The molecule has 0 aromatic rings. The molecule has 1 saturated carbocycles. The molecule has 1 aliphatic heterocycles. The predicted octanol–water partition coefficient (Wildman–Crippen LogP) is 1.09. The van der Waals surface area contributed by atoms with Crippen LogP contribution in [-0.4, -0.2) is 73.2 Å². The zero-order valence-electron chi connectivity index (χ0n) is 14.0. The van der Waals surface area contributed by atoms with Gasteiger partial charge in [0, 0.05) is 38.3 Å². The second-order valence-electron chi connectivity index (χ2n) is 6.77. The van der Waals surface area contributed by atoms with Gasteiger partial charge in [-0.15, -0.1) is 0 Å². The van der Waals surface area contributed by atoms with Gasteiger partial charge in [0.05, 0.1) is 7.11 Å². The van der Waals surface area contributed by atoms with Crippen molar-refractivity contribution in [1.29, 1.82) is 0 Å². The summed E-state index contributed by atoms with van der Waals surface area (Å²) in [5, 5.41) is 3.50. The topological polar surface area (TPSA) is 44.8 Å². The lowest BCUT2D eigenvalue weighted by Crippen LogP contribution is -2.57. The number of likely N-dealkylation sites (N-methyl/N-ethyl adjacent to an activating group) is 1. The van der Waals surface area contributed by atoms with E-state index >= 15 is 0 Å². The quantitative estimate of drug-likeness (QED) is 0.713. The van der Waals surface area contributed by atoms with Crippen molar-refractivity contribution in [2.45, 2.75) is 57.7 Å². The van der Waals surface area contributed by atoms with E-state index in [0.29, 0.717) is 12.1 Å². The van der Waals surface area contributed by atoms with Crippen LogP contribution in [0.3, 0.4) is 0 Å². The molecule has 5 nitrogen and oxygen atoms in total. The zero-order chi connectivity index (χ0) is 15.5. The molecule has 21 heavy (non-hydrogen) atoms. The molecule has 1 N–H and O–H groups in total. The molecule has 2 atom stereocenters. The number of piperazine rings is 1. The van der Waals surface area contributed by atoms with Crippen molar-refractivity contribution in [3.05, 3.63) is 0 Å². The number of nitrogens with one attached hydrogen (secondary N) is 1. The maximum absolute atomic E-state index is 12.2. The van der Waals surface area contributed by atoms with Crippen LogP contribution in [0.25, 0.3) is 0 Å². The fraction of sp³-hybridized carbons (Fsp3) is 0.938. The average Bonchev–Trinajstić information content (AvgIpc) is 3.29. The van der Waals surface area contributed by atoms with Crippen molar-refractivity contribution in [3.63, 3.8) is 0 Å². The van der Waals surface area contributed by atoms with Crippen LogP contribution in [0, 0.1) is 0 Å². The average molecular weight is 297 g/mol. The summed E-state index contributed by atoms with van der Waals surface area (Å²) in [6.45, 7) is 12.0. The van der Waals surface area contributed by atoms with Gasteiger partial charge in [-0.1, -0.05) is 6.92 Å². The minimum Gasteiger partial charge on any atom is -0.468 e. The Hall–Kier alpha value is -0.650. The lowest BCUT2D eigenvalue weighted by atomic mass is 9.92. The van der Waals surface area contributed by atoms with Crippen LogP contribution in [0.5, 0.6) is 0 Å². The maximum atomic E-state index is 12.2. The monoisotopic (exact) mass is 297 g/mol. The molecule has 0 bridgehead atoms. The Morgan fingerprint density at radius 3 is 2.43 bits per heavy atom. The highest BCUT2D eigenvalue weighted by Crippen LogP contribution is 2.27. The van der Waals surface area contributed by atoms with Gasteiger partial charge >= 0.3 is 5.97 Å². The molecule has 1 aliphatic carbocycles. The van der Waals surface area contributed by atoms with Gasteiger partial charge in [-0.05, 0) is 39.7 Å². The van der Waals surface area contributed by atoms with E-state index in [-0.39, 0.29) is 5.97 Å². The number of carbonyl (C=O) groups excluding carboxylic acids is 1. The molecule has 2 fully saturated rings. The fourth-order valence-electron chi connectivity index (χ4n) is 3.34. The van der Waals surface area contributed by atoms with Crippen LogP contribution in [0.4, 0.5) is 0 Å². The summed E-state index contributed by atoms with van der Waals surface area (Å²) in [5.74, 6) is -0.131. The number of methoxy groups -OCH3 is 1. The first kappa shape index (κ1) is 16.7. The Labute approximate surface area is 129 Å². The Kier molecular flexibility index (Phi) is 5.63. The Balaban J connectivity index is 1.91. The van der Waals surface area contributed by atoms with Crippen LogP contribution in [0.2, 0.25) is 0 Å². The highest BCUT2D eigenvalue weighted by Gasteiger charge is 2.41. The summed E-state index contributed by atoms with van der Waals surface area (Å²) in [4.78, 5) is 17.2. The molecular formula is C16H31N3O2. The first-order valence-corrected chi connectivity index (χ1v) is 8.31. The molecule has 0 amide bonds. The smallest absolute Gasteiger partial charge is 0.325 e. The summed E-state index contributed by atoms with van der Waals surface area (Å²) in [6, 6.07) is 0.887. The van der Waals surface area contributed by atoms with Crippen molar-refractivity contribution in [2.75, 3.05) is 39.8 Å². The Morgan fingerprint density at radius 1 is 1.33 bits per heavy atom. The second-order valence-corrected chi connectivity index (χ2v) is 6.77. The number of carbonyl (C=O) groups is 1. The molecule has 0 spiro atoms. The lowest BCUT2D eigenvalue weighted by molar-refractivity contribution is -0.149. The zero-order valence-corrected chi connectivity index (χ0v) is 14.0. The highest BCUT2D eigenvalue weighted by atomic mass is 16.5. The van der Waals surface area contributed by atoms with Gasteiger partial charge in [0.1, 0.15) is 5.54 Å². The van der Waals surface area contributed by atoms with Crippen LogP contribution in [-0.2, 0) is 9.53 Å². The number of hydrogen-bond acceptors (Lipinski definition) is 5. The normalized spacial score (nSPS) is 25.3. The number of ether oxygens (including phenoxy) is 1. The molecule has 0 radical (unpaired) electrons. The molecule has 1 heterocycles. The predicted molar refractivity (Wildman–Crippen MR) is 84.3 cm³/mol. The molecule has 2 rings (SSSR count). The van der Waals surface area contributed by atoms with Crippen LogP contribution >= 0.6 is 0 Å². The number of rotatable bonds is 7. The van der Waals surface area contributed by atoms with Crippen molar-refractivity contribution in [2.24, 2.45) is 0 Å². The SMILES string of the molecule is CCN1CCN(C(C)CC(C)(NC2CC2)C(=O)OC)CC1. The van der Waals surface area contributed by atoms with Gasteiger partial charge in [-0.3, -0.25) is 15.0 Å². The molecule has 2 aliphatic rings. The number of nitrogens with zero attached hydrogens (tertiary/aromatic N) is 2. The summed E-state index contributed by atoms with van der Waals surface area (Å²) >= 11 is 0. The molecule has 1 saturated heterocycles. The maximum Gasteiger partial charge on any atom is 0.325 e. The van der Waals surface area contributed by atoms with E-state index in [4.69, 9.17) is 4.74 Å². The lowest BCUT2D eigenvalue weighted by Gasteiger charge is -2.40. The minimum absolute atomic E-state index is 0.131. The first-order chi connectivity index (χ1) is 9.98. The van der Waals surface area contributed by atoms with Gasteiger partial charge in [0.25, 0.3) is 0 Å². The summed E-state index contributed by atoms with van der Waals surface area (Å²) in [6.07, 6.45) is 3.16. The van der Waals surface area contributed by atoms with E-state index in [1.54, 1.807) is 0 Å². The van der Waals surface area contributed by atoms with Crippen molar-refractivity contribution >= 4 is 5.97 Å². The molecule has 0 aromatic heterocycles. The third-order valence-electron chi connectivity index (χ3n) is 4.92. The van der Waals surface area contributed by atoms with Crippen molar-refractivity contribution in [3.8, 4) is 0 Å². The molecule has 5 heteroatoms. The summed E-state index contributed by atoms with van der Waals surface area (Å²) in [5.41, 5.74) is -0.558. The summed E-state index contributed by atoms with van der Waals surface area (Å²) < 4.78 is 5.04. The van der Waals surface area contributed by atoms with E-state index < -0.39 is 5.54 Å². The highest BCUT2D eigenvalue weighted by molar-refractivity contribution is 5.80. The van der Waals surface area contributed by atoms with E-state index in [1.165, 1.54) is 20.0 Å². The Bertz CT molecular complexity index is 351. The first-order valence-electron chi connectivity index (χ1n) is 8.31. The van der Waals surface area contributed by atoms with E-state index in [1.807, 2.05) is 6.92 Å². The fourth-order valence-corrected chi connectivity index (χ4v) is 3.34. The molecule has 122 valence electrons. The van der Waals surface area contributed by atoms with E-state index in [0.717, 1.165) is 39.1 Å². The third-order valence-corrected chi connectivity index (χ3v) is 4.92. The van der Waals surface area contributed by atoms with Crippen LogP contribution < -0.4 is 5.32 Å². The minimum atomic E-state index is -0.558. The summed E-state index contributed by atoms with van der Waals surface area (Å²) in [7, 11) is 1.49. The van der Waals surface area contributed by atoms with Gasteiger partial charge in [0.15, 0.2) is 0 Å². The van der Waals surface area contributed by atoms with E-state index in [9.17, 15) is 4.79 Å². The molecular weight excluding hydrogens is 266 g/mol. The largest absolute Gasteiger partial charge is 0.468 e. The van der Waals surface area contributed by atoms with Gasteiger partial charge in [0.2, 0.25) is 0 Å². The van der Waals surface area contributed by atoms with Crippen molar-refractivity contribution < 1.29 is 9.53 Å². The molecule has 2 unspecified atom stereocenters. The number of esters is 1. The second kappa shape index (κ2) is 7.07. The standard InChI is InChI=1S/C16H31N3O2/c1-5-18-8-10-19(11-9-18)13(2)12-16(3,15(20)21-4)17-14-6-7-14/h13-14,17H,5-12H2,1-4H3. The van der Waals surface area contributed by atoms with Crippen LogP contribution in [0.1, 0.15) is 40.0 Å². The van der Waals surface area contributed by atoms with Gasteiger partial charge in [-0.2, -0.15) is 0 Å². The van der Waals surface area contributed by atoms with Gasteiger partial charge < -0.3 is 9.64 Å². The number of hydrogen-bond donors (Lipinski definition) is 1. The van der Waals surface area contributed by atoms with E-state index in [2.05, 4.69) is 29.0 Å². The van der Waals surface area contributed by atoms with Crippen molar-refractivity contribution in [1.82, 2.24) is 15.1 Å². The molecule has 0 aromatic carbocycles. The van der Waals surface area contributed by atoms with Gasteiger partial charge in [-0.25, -0.2) is 0 Å². The van der Waals surface area contributed by atoms with Crippen LogP contribution in [0.15, 0.2) is 0 Å².